The van der Waals surface area contributed by atoms with Crippen LogP contribution in [0.3, 0.4) is 0 Å². The lowest BCUT2D eigenvalue weighted by Gasteiger charge is -1.98. The summed E-state index contributed by atoms with van der Waals surface area (Å²) in [5.74, 6) is -0.0579. The van der Waals surface area contributed by atoms with Crippen LogP contribution in [0.15, 0.2) is 0 Å². The normalized spacial score (nSPS) is 10.1. The maximum absolute atomic E-state index is 10.5. The van der Waals surface area contributed by atoms with Crippen LogP contribution in [0, 0.1) is 0 Å². The fourth-order valence-corrected chi connectivity index (χ4v) is 2.19. The molecular weight excluding hydrogens is 231 g/mol. The summed E-state index contributed by atoms with van der Waals surface area (Å²) in [5, 5.41) is 2.65. The van der Waals surface area contributed by atoms with Crippen LogP contribution in [-0.2, 0) is 11.2 Å². The van der Waals surface area contributed by atoms with Gasteiger partial charge < -0.3 is 5.32 Å². The van der Waals surface area contributed by atoms with Crippen molar-refractivity contribution in [3.63, 3.8) is 0 Å². The lowest BCUT2D eigenvalue weighted by atomic mass is 10.3. The molecule has 1 N–H and O–H groups in total. The number of aromatic nitrogens is 1. The van der Waals surface area contributed by atoms with Crippen LogP contribution in [0.25, 0.3) is 0 Å². The van der Waals surface area contributed by atoms with Gasteiger partial charge in [-0.3, -0.25) is 4.79 Å². The number of amides is 1. The van der Waals surface area contributed by atoms with Crippen LogP contribution in [-0.4, -0.2) is 17.4 Å². The van der Waals surface area contributed by atoms with Crippen molar-refractivity contribution in [2.45, 2.75) is 13.3 Å². The molecule has 72 valence electrons. The quantitative estimate of drug-likeness (QED) is 0.877. The molecule has 6 heteroatoms. The molecule has 0 spiro atoms. The Morgan fingerprint density at radius 3 is 2.77 bits per heavy atom. The molecule has 0 saturated heterocycles. The Morgan fingerprint density at radius 2 is 2.31 bits per heavy atom. The van der Waals surface area contributed by atoms with Gasteiger partial charge >= 0.3 is 0 Å². The van der Waals surface area contributed by atoms with E-state index in [-0.39, 0.29) is 5.91 Å². The maximum atomic E-state index is 10.5. The Bertz CT molecular complexity index is 313. The molecule has 0 fully saturated rings. The van der Waals surface area contributed by atoms with E-state index in [1.165, 1.54) is 18.3 Å². The van der Waals surface area contributed by atoms with Gasteiger partial charge in [0, 0.05) is 19.9 Å². The van der Waals surface area contributed by atoms with Crippen LogP contribution >= 0.6 is 34.5 Å². The van der Waals surface area contributed by atoms with E-state index in [0.29, 0.717) is 21.8 Å². The van der Waals surface area contributed by atoms with Crippen LogP contribution in [0.1, 0.15) is 12.6 Å². The fourth-order valence-electron chi connectivity index (χ4n) is 0.817. The molecule has 0 aliphatic rings. The van der Waals surface area contributed by atoms with E-state index in [2.05, 4.69) is 10.3 Å². The summed E-state index contributed by atoms with van der Waals surface area (Å²) in [5.41, 5.74) is 0.741. The third-order valence-electron chi connectivity index (χ3n) is 1.36. The predicted octanol–water partition coefficient (Wildman–Crippen LogP) is 2.13. The summed E-state index contributed by atoms with van der Waals surface area (Å²) in [6.45, 7) is 2.00. The summed E-state index contributed by atoms with van der Waals surface area (Å²) in [6.07, 6.45) is 0.613. The average Bonchev–Trinajstić information content (AvgIpc) is 2.29. The number of carbonyl (C=O) groups excluding carboxylic acids is 1. The van der Waals surface area contributed by atoms with E-state index >= 15 is 0 Å². The van der Waals surface area contributed by atoms with E-state index in [1.807, 2.05) is 0 Å². The molecule has 0 atom stereocenters. The standard InChI is InChI=1S/C7H8Cl2N2OS/c1-4(12)10-3-2-5-6(8)13-7(9)11-5/h2-3H2,1H3,(H,10,12). The minimum atomic E-state index is -0.0579. The zero-order chi connectivity index (χ0) is 9.84. The largest absolute Gasteiger partial charge is 0.356 e. The summed E-state index contributed by atoms with van der Waals surface area (Å²) >= 11 is 12.7. The molecule has 1 aromatic heterocycles. The van der Waals surface area contributed by atoms with Crippen molar-refractivity contribution >= 4 is 40.4 Å². The zero-order valence-electron chi connectivity index (χ0n) is 6.93. The number of nitrogens with zero attached hydrogens (tertiary/aromatic N) is 1. The van der Waals surface area contributed by atoms with E-state index in [1.54, 1.807) is 0 Å². The number of hydrogen-bond donors (Lipinski definition) is 1. The Kier molecular flexibility index (Phi) is 3.96. The third-order valence-corrected chi connectivity index (χ3v) is 2.80. The first-order valence-corrected chi connectivity index (χ1v) is 5.22. The first-order chi connectivity index (χ1) is 6.09. The molecule has 1 aromatic rings. The lowest BCUT2D eigenvalue weighted by Crippen LogP contribution is -2.22. The second kappa shape index (κ2) is 4.79. The highest BCUT2D eigenvalue weighted by Crippen LogP contribution is 2.27. The summed E-state index contributed by atoms with van der Waals surface area (Å²) in [6, 6.07) is 0. The topological polar surface area (TPSA) is 42.0 Å². The van der Waals surface area contributed by atoms with Crippen LogP contribution in [0.4, 0.5) is 0 Å². The number of nitrogens with one attached hydrogen (secondary N) is 1. The minimum absolute atomic E-state index is 0.0579. The van der Waals surface area contributed by atoms with Crippen molar-refractivity contribution in [2.24, 2.45) is 0 Å². The molecule has 13 heavy (non-hydrogen) atoms. The van der Waals surface area contributed by atoms with E-state index in [9.17, 15) is 4.79 Å². The second-order valence-corrected chi connectivity index (χ2v) is 4.60. The van der Waals surface area contributed by atoms with Gasteiger partial charge in [-0.25, -0.2) is 4.98 Å². The molecule has 0 aromatic carbocycles. The van der Waals surface area contributed by atoms with Gasteiger partial charge in [-0.05, 0) is 0 Å². The minimum Gasteiger partial charge on any atom is -0.356 e. The van der Waals surface area contributed by atoms with E-state index < -0.39 is 0 Å². The average molecular weight is 239 g/mol. The lowest BCUT2D eigenvalue weighted by molar-refractivity contribution is -0.118. The Morgan fingerprint density at radius 1 is 1.62 bits per heavy atom. The first kappa shape index (κ1) is 10.8. The monoisotopic (exact) mass is 238 g/mol. The van der Waals surface area contributed by atoms with Gasteiger partial charge in [-0.15, -0.1) is 0 Å². The van der Waals surface area contributed by atoms with Gasteiger partial charge in [-0.1, -0.05) is 34.5 Å². The van der Waals surface area contributed by atoms with Gasteiger partial charge in [0.05, 0.1) is 5.69 Å². The van der Waals surface area contributed by atoms with Crippen LogP contribution in [0.2, 0.25) is 8.80 Å². The smallest absolute Gasteiger partial charge is 0.216 e. The zero-order valence-corrected chi connectivity index (χ0v) is 9.26. The third kappa shape index (κ3) is 3.50. The predicted molar refractivity (Wildman–Crippen MR) is 54.5 cm³/mol. The van der Waals surface area contributed by atoms with Crippen molar-refractivity contribution in [1.82, 2.24) is 10.3 Å². The summed E-state index contributed by atoms with van der Waals surface area (Å²) < 4.78 is 1.03. The SMILES string of the molecule is CC(=O)NCCc1nc(Cl)sc1Cl. The molecule has 0 saturated carbocycles. The van der Waals surface area contributed by atoms with Gasteiger partial charge in [0.15, 0.2) is 4.47 Å². The van der Waals surface area contributed by atoms with Gasteiger partial charge in [0.2, 0.25) is 5.91 Å². The highest BCUT2D eigenvalue weighted by atomic mass is 35.5. The Balaban J connectivity index is 2.45. The molecule has 0 radical (unpaired) electrons. The van der Waals surface area contributed by atoms with Gasteiger partial charge in [-0.2, -0.15) is 0 Å². The number of hydrogen-bond acceptors (Lipinski definition) is 3. The first-order valence-electron chi connectivity index (χ1n) is 3.64. The summed E-state index contributed by atoms with van der Waals surface area (Å²) in [4.78, 5) is 14.5. The number of thiazole rings is 1. The Hall–Kier alpha value is -0.320. The van der Waals surface area contributed by atoms with Gasteiger partial charge in [0.1, 0.15) is 4.34 Å². The van der Waals surface area contributed by atoms with Crippen molar-refractivity contribution in [3.8, 4) is 0 Å². The molecule has 1 heterocycles. The highest BCUT2D eigenvalue weighted by Gasteiger charge is 2.07. The van der Waals surface area contributed by atoms with Crippen molar-refractivity contribution < 1.29 is 4.79 Å². The molecule has 0 aliphatic carbocycles. The van der Waals surface area contributed by atoms with Crippen molar-refractivity contribution in [3.05, 3.63) is 14.5 Å². The Labute approximate surface area is 90.1 Å². The molecule has 0 bridgehead atoms. The molecule has 0 unspecified atom stereocenters. The molecule has 3 nitrogen and oxygen atoms in total. The number of rotatable bonds is 3. The summed E-state index contributed by atoms with van der Waals surface area (Å²) in [7, 11) is 0. The number of carbonyl (C=O) groups is 1. The van der Waals surface area contributed by atoms with Crippen LogP contribution in [0.5, 0.6) is 0 Å². The second-order valence-electron chi connectivity index (χ2n) is 2.42. The van der Waals surface area contributed by atoms with Crippen LogP contribution < -0.4 is 5.32 Å². The van der Waals surface area contributed by atoms with Gasteiger partial charge in [0.25, 0.3) is 0 Å². The molecule has 0 aliphatic heterocycles. The molecule has 1 amide bonds. The van der Waals surface area contributed by atoms with E-state index in [4.69, 9.17) is 23.2 Å². The van der Waals surface area contributed by atoms with Crippen molar-refractivity contribution in [1.29, 1.82) is 0 Å². The molecule has 1 rings (SSSR count). The number of halogens is 2. The van der Waals surface area contributed by atoms with Crippen molar-refractivity contribution in [2.75, 3.05) is 6.54 Å². The highest BCUT2D eigenvalue weighted by molar-refractivity contribution is 7.19. The molecular formula is C7H8Cl2N2OS. The fraction of sp³-hybridized carbons (Fsp3) is 0.429. The van der Waals surface area contributed by atoms with E-state index in [0.717, 1.165) is 5.69 Å². The maximum Gasteiger partial charge on any atom is 0.216 e.